The molecule has 2 amide bonds. The highest BCUT2D eigenvalue weighted by Crippen LogP contribution is 2.22. The molecule has 0 radical (unpaired) electrons. The Kier molecular flexibility index (Phi) is 6.41. The second kappa shape index (κ2) is 8.98. The van der Waals surface area contributed by atoms with E-state index >= 15 is 0 Å². The molecular weight excluding hydrogens is 376 g/mol. The van der Waals surface area contributed by atoms with Gasteiger partial charge in [-0.2, -0.15) is 0 Å². The summed E-state index contributed by atoms with van der Waals surface area (Å²) in [7, 11) is 0. The minimum Gasteiger partial charge on any atom is -0.359 e. The number of alkyl halides is 1. The topological polar surface area (TPSA) is 80.6 Å². The lowest BCUT2D eigenvalue weighted by atomic mass is 10.00. The van der Waals surface area contributed by atoms with Gasteiger partial charge in [-0.1, -0.05) is 13.8 Å². The van der Waals surface area contributed by atoms with E-state index in [0.717, 1.165) is 12.0 Å². The van der Waals surface area contributed by atoms with Crippen molar-refractivity contribution in [2.24, 2.45) is 10.9 Å². The van der Waals surface area contributed by atoms with E-state index in [-0.39, 0.29) is 18.1 Å². The molecule has 1 aromatic carbocycles. The molecule has 2 aliphatic rings. The molecule has 29 heavy (non-hydrogen) atoms. The van der Waals surface area contributed by atoms with E-state index in [1.165, 1.54) is 29.3 Å². The molecule has 0 bridgehead atoms. The monoisotopic (exact) mass is 401 g/mol. The van der Waals surface area contributed by atoms with Gasteiger partial charge in [0.25, 0.3) is 0 Å². The van der Waals surface area contributed by atoms with Crippen LogP contribution in [0.1, 0.15) is 26.7 Å². The summed E-state index contributed by atoms with van der Waals surface area (Å²) in [4.78, 5) is 17.7. The maximum atomic E-state index is 14.2. The van der Waals surface area contributed by atoms with Crippen LogP contribution in [0.25, 0.3) is 0 Å². The first-order valence-corrected chi connectivity index (χ1v) is 9.61. The van der Waals surface area contributed by atoms with Crippen molar-refractivity contribution in [1.29, 1.82) is 5.41 Å². The Balaban J connectivity index is 1.70. The fourth-order valence-electron chi connectivity index (χ4n) is 3.19. The first-order chi connectivity index (χ1) is 13.8. The van der Waals surface area contributed by atoms with Gasteiger partial charge in [0.15, 0.2) is 5.84 Å². The normalized spacial score (nSPS) is 20.4. The number of nitrogens with zero attached hydrogens (tertiary/aromatic N) is 2. The molecule has 3 N–H and O–H groups in total. The number of benzene rings is 1. The van der Waals surface area contributed by atoms with Gasteiger partial charge in [-0.3, -0.25) is 5.41 Å². The van der Waals surface area contributed by atoms with Crippen LogP contribution in [-0.4, -0.2) is 42.2 Å². The predicted molar refractivity (Wildman–Crippen MR) is 112 cm³/mol. The standard InChI is InChI=1S/C21H25F2N5O/c1-13(2)7-14-8-15(20(24)26-10-14)11-25-19-9-17(3-4-18(19)23)27-21(29)28-6-5-16(22)12-28/h3-4,8-11,13,16,24-25H,5-7,12H2,1-2H3,(H,27,29)/b15-11-,24-20?. The van der Waals surface area contributed by atoms with Gasteiger partial charge in [0.1, 0.15) is 12.0 Å². The van der Waals surface area contributed by atoms with Crippen LogP contribution in [0.15, 0.2) is 46.6 Å². The number of anilines is 2. The molecule has 2 aliphatic heterocycles. The molecule has 1 aromatic rings. The molecule has 0 aromatic heterocycles. The Morgan fingerprint density at radius 2 is 2.24 bits per heavy atom. The second-order valence-corrected chi connectivity index (χ2v) is 7.62. The number of allylic oxidation sites excluding steroid dienone is 1. The number of urea groups is 1. The fraction of sp³-hybridized carbons (Fsp3) is 0.381. The van der Waals surface area contributed by atoms with E-state index in [0.29, 0.717) is 30.1 Å². The van der Waals surface area contributed by atoms with Crippen LogP contribution in [0, 0.1) is 17.1 Å². The number of rotatable bonds is 5. The fourth-order valence-corrected chi connectivity index (χ4v) is 3.19. The minimum absolute atomic E-state index is 0.0674. The van der Waals surface area contributed by atoms with Gasteiger partial charge in [0.05, 0.1) is 12.2 Å². The summed E-state index contributed by atoms with van der Waals surface area (Å²) in [5, 5.41) is 13.5. The van der Waals surface area contributed by atoms with Gasteiger partial charge in [-0.15, -0.1) is 0 Å². The average molecular weight is 401 g/mol. The zero-order chi connectivity index (χ0) is 21.0. The quantitative estimate of drug-likeness (QED) is 0.667. The maximum absolute atomic E-state index is 14.2. The summed E-state index contributed by atoms with van der Waals surface area (Å²) in [6.07, 6.45) is 5.22. The number of halogens is 2. The first-order valence-electron chi connectivity index (χ1n) is 9.61. The van der Waals surface area contributed by atoms with Crippen molar-refractivity contribution in [2.45, 2.75) is 32.9 Å². The van der Waals surface area contributed by atoms with Gasteiger partial charge in [-0.25, -0.2) is 18.6 Å². The summed E-state index contributed by atoms with van der Waals surface area (Å²) in [6.45, 7) is 4.62. The minimum atomic E-state index is -1.00. The number of hydrogen-bond acceptors (Lipinski definition) is 3. The highest BCUT2D eigenvalue weighted by Gasteiger charge is 2.25. The number of carbonyl (C=O) groups is 1. The summed E-state index contributed by atoms with van der Waals surface area (Å²) in [6, 6.07) is 3.73. The Morgan fingerprint density at radius 1 is 1.45 bits per heavy atom. The third-order valence-electron chi connectivity index (χ3n) is 4.64. The molecule has 0 aliphatic carbocycles. The summed E-state index contributed by atoms with van der Waals surface area (Å²) < 4.78 is 27.5. The molecule has 1 unspecified atom stereocenters. The Bertz CT molecular complexity index is 891. The number of likely N-dealkylation sites (tertiary alicyclic amines) is 1. The average Bonchev–Trinajstić information content (AvgIpc) is 3.10. The highest BCUT2D eigenvalue weighted by atomic mass is 19.1. The molecule has 154 valence electrons. The van der Waals surface area contributed by atoms with Crippen LogP contribution in [0.3, 0.4) is 0 Å². The Hall–Kier alpha value is -3.03. The summed E-state index contributed by atoms with van der Waals surface area (Å²) in [5.74, 6) is 0.0435. The number of amides is 2. The maximum Gasteiger partial charge on any atom is 0.321 e. The van der Waals surface area contributed by atoms with Crippen molar-refractivity contribution in [3.05, 3.63) is 47.4 Å². The van der Waals surface area contributed by atoms with Crippen molar-refractivity contribution in [1.82, 2.24) is 4.90 Å². The van der Waals surface area contributed by atoms with E-state index in [2.05, 4.69) is 29.5 Å². The number of amidine groups is 1. The van der Waals surface area contributed by atoms with Crippen LogP contribution in [-0.2, 0) is 0 Å². The van der Waals surface area contributed by atoms with Gasteiger partial charge >= 0.3 is 6.03 Å². The van der Waals surface area contributed by atoms with Crippen LogP contribution in [0.4, 0.5) is 25.0 Å². The van der Waals surface area contributed by atoms with E-state index < -0.39 is 18.0 Å². The van der Waals surface area contributed by atoms with Crippen molar-refractivity contribution in [3.63, 3.8) is 0 Å². The van der Waals surface area contributed by atoms with Gasteiger partial charge in [0, 0.05) is 30.2 Å². The van der Waals surface area contributed by atoms with E-state index in [4.69, 9.17) is 5.41 Å². The Labute approximate surface area is 168 Å². The van der Waals surface area contributed by atoms with Gasteiger partial charge in [0.2, 0.25) is 0 Å². The molecule has 1 saturated heterocycles. The molecule has 8 heteroatoms. The molecule has 3 rings (SSSR count). The van der Waals surface area contributed by atoms with Crippen molar-refractivity contribution >= 4 is 29.5 Å². The second-order valence-electron chi connectivity index (χ2n) is 7.62. The molecule has 0 saturated carbocycles. The van der Waals surface area contributed by atoms with Crippen molar-refractivity contribution < 1.29 is 13.6 Å². The zero-order valence-electron chi connectivity index (χ0n) is 16.5. The summed E-state index contributed by atoms with van der Waals surface area (Å²) >= 11 is 0. The van der Waals surface area contributed by atoms with E-state index in [1.807, 2.05) is 6.08 Å². The van der Waals surface area contributed by atoms with Gasteiger partial charge in [-0.05, 0) is 48.6 Å². The SMILES string of the molecule is CC(C)CC1=C/C(=C/Nc2cc(NC(=O)N3CCC(F)C3)ccc2F)C(=N)N=C1. The number of nitrogens with one attached hydrogen (secondary N) is 3. The lowest BCUT2D eigenvalue weighted by Crippen LogP contribution is -2.33. The smallest absolute Gasteiger partial charge is 0.321 e. The third kappa shape index (κ3) is 5.49. The number of dihydropyridines is 1. The predicted octanol–water partition coefficient (Wildman–Crippen LogP) is 4.73. The van der Waals surface area contributed by atoms with Crippen molar-refractivity contribution in [3.8, 4) is 0 Å². The molecule has 0 spiro atoms. The van der Waals surface area contributed by atoms with Crippen LogP contribution < -0.4 is 10.6 Å². The summed E-state index contributed by atoms with van der Waals surface area (Å²) in [5.41, 5.74) is 2.10. The third-order valence-corrected chi connectivity index (χ3v) is 4.64. The van der Waals surface area contributed by atoms with E-state index in [9.17, 15) is 13.6 Å². The lowest BCUT2D eigenvalue weighted by Gasteiger charge is -2.17. The lowest BCUT2D eigenvalue weighted by molar-refractivity contribution is 0.218. The zero-order valence-corrected chi connectivity index (χ0v) is 16.5. The molecule has 6 nitrogen and oxygen atoms in total. The first kappa shape index (κ1) is 20.7. The molecule has 2 heterocycles. The number of aliphatic imine (C=N–C) groups is 1. The molecular formula is C21H25F2N5O. The Morgan fingerprint density at radius 3 is 2.93 bits per heavy atom. The molecule has 1 atom stereocenters. The van der Waals surface area contributed by atoms with Crippen molar-refractivity contribution in [2.75, 3.05) is 23.7 Å². The van der Waals surface area contributed by atoms with Crippen LogP contribution >= 0.6 is 0 Å². The largest absolute Gasteiger partial charge is 0.359 e. The number of hydrogen-bond donors (Lipinski definition) is 3. The van der Waals surface area contributed by atoms with Crippen LogP contribution in [0.2, 0.25) is 0 Å². The van der Waals surface area contributed by atoms with E-state index in [1.54, 1.807) is 6.21 Å². The number of carbonyl (C=O) groups excluding carboxylic acids is 1. The van der Waals surface area contributed by atoms with Crippen LogP contribution in [0.5, 0.6) is 0 Å². The highest BCUT2D eigenvalue weighted by molar-refractivity contribution is 6.08. The van der Waals surface area contributed by atoms with Gasteiger partial charge < -0.3 is 15.5 Å². The molecule has 1 fully saturated rings.